The molecule has 1 aliphatic rings. The molecule has 1 heterocycles. The predicted octanol–water partition coefficient (Wildman–Crippen LogP) is 1.98. The third-order valence-corrected chi connectivity index (χ3v) is 2.92. The molecule has 1 rings (SSSR count). The van der Waals surface area contributed by atoms with Crippen molar-refractivity contribution in [1.82, 2.24) is 5.32 Å². The molecule has 1 aliphatic heterocycles. The van der Waals surface area contributed by atoms with Gasteiger partial charge in [0.2, 0.25) is 0 Å². The standard InChI is InChI=1S/C13H25NO2/c1-11(2)12(10-14-6-8-15-3)9-13-5-4-7-16-13/h9,11,13-14H,4-8,10H2,1-3H3/b12-9+. The van der Waals surface area contributed by atoms with Gasteiger partial charge in [0.25, 0.3) is 0 Å². The first kappa shape index (κ1) is 13.7. The van der Waals surface area contributed by atoms with Crippen molar-refractivity contribution in [2.45, 2.75) is 32.8 Å². The molecular formula is C13H25NO2. The third-order valence-electron chi connectivity index (χ3n) is 2.92. The molecule has 1 saturated heterocycles. The molecule has 1 atom stereocenters. The van der Waals surface area contributed by atoms with Gasteiger partial charge in [0.15, 0.2) is 0 Å². The number of hydrogen-bond donors (Lipinski definition) is 1. The smallest absolute Gasteiger partial charge is 0.0759 e. The molecule has 0 radical (unpaired) electrons. The lowest BCUT2D eigenvalue weighted by atomic mass is 10.0. The number of methoxy groups -OCH3 is 1. The molecular weight excluding hydrogens is 202 g/mol. The van der Waals surface area contributed by atoms with Crippen molar-refractivity contribution in [2.24, 2.45) is 5.92 Å². The van der Waals surface area contributed by atoms with Gasteiger partial charge in [0.1, 0.15) is 0 Å². The van der Waals surface area contributed by atoms with E-state index in [4.69, 9.17) is 9.47 Å². The van der Waals surface area contributed by atoms with E-state index in [0.29, 0.717) is 12.0 Å². The van der Waals surface area contributed by atoms with Crippen LogP contribution < -0.4 is 5.32 Å². The fourth-order valence-corrected chi connectivity index (χ4v) is 1.84. The number of ether oxygens (including phenoxy) is 2. The Morgan fingerprint density at radius 1 is 1.56 bits per heavy atom. The molecule has 3 heteroatoms. The summed E-state index contributed by atoms with van der Waals surface area (Å²) in [5.41, 5.74) is 1.45. The third kappa shape index (κ3) is 5.10. The van der Waals surface area contributed by atoms with E-state index in [1.165, 1.54) is 18.4 Å². The molecule has 3 nitrogen and oxygen atoms in total. The normalized spacial score (nSPS) is 22.0. The monoisotopic (exact) mass is 227 g/mol. The highest BCUT2D eigenvalue weighted by atomic mass is 16.5. The van der Waals surface area contributed by atoms with Gasteiger partial charge in [0, 0.05) is 26.8 Å². The van der Waals surface area contributed by atoms with Gasteiger partial charge in [0.05, 0.1) is 12.7 Å². The summed E-state index contributed by atoms with van der Waals surface area (Å²) in [6.45, 7) is 8.01. The second kappa shape index (κ2) is 7.82. The molecule has 0 aromatic rings. The Balaban J connectivity index is 2.34. The second-order valence-electron chi connectivity index (χ2n) is 4.62. The SMILES string of the molecule is COCCNC/C(=C\C1CCCO1)C(C)C. The van der Waals surface area contributed by atoms with Crippen molar-refractivity contribution in [2.75, 3.05) is 33.4 Å². The van der Waals surface area contributed by atoms with E-state index in [-0.39, 0.29) is 0 Å². The number of hydrogen-bond acceptors (Lipinski definition) is 3. The van der Waals surface area contributed by atoms with Crippen molar-refractivity contribution in [3.8, 4) is 0 Å². The van der Waals surface area contributed by atoms with Crippen LogP contribution in [0.4, 0.5) is 0 Å². The molecule has 0 aromatic carbocycles. The van der Waals surface area contributed by atoms with E-state index >= 15 is 0 Å². The van der Waals surface area contributed by atoms with Gasteiger partial charge < -0.3 is 14.8 Å². The maximum absolute atomic E-state index is 5.63. The minimum atomic E-state index is 0.349. The first-order chi connectivity index (χ1) is 7.74. The largest absolute Gasteiger partial charge is 0.383 e. The van der Waals surface area contributed by atoms with Crippen LogP contribution in [-0.2, 0) is 9.47 Å². The molecule has 16 heavy (non-hydrogen) atoms. The maximum atomic E-state index is 5.63. The lowest BCUT2D eigenvalue weighted by Gasteiger charge is -2.15. The van der Waals surface area contributed by atoms with E-state index in [9.17, 15) is 0 Å². The summed E-state index contributed by atoms with van der Waals surface area (Å²) in [5.74, 6) is 0.583. The minimum Gasteiger partial charge on any atom is -0.383 e. The molecule has 0 saturated carbocycles. The van der Waals surface area contributed by atoms with Crippen LogP contribution in [0.5, 0.6) is 0 Å². The van der Waals surface area contributed by atoms with Gasteiger partial charge in [-0.25, -0.2) is 0 Å². The average molecular weight is 227 g/mol. The highest BCUT2D eigenvalue weighted by Crippen LogP contribution is 2.18. The number of nitrogens with one attached hydrogen (secondary N) is 1. The Hall–Kier alpha value is -0.380. The van der Waals surface area contributed by atoms with Crippen molar-refractivity contribution in [3.63, 3.8) is 0 Å². The Kier molecular flexibility index (Phi) is 6.69. The van der Waals surface area contributed by atoms with Crippen molar-refractivity contribution in [1.29, 1.82) is 0 Å². The molecule has 0 amide bonds. The summed E-state index contributed by atoms with van der Waals surface area (Å²) >= 11 is 0. The van der Waals surface area contributed by atoms with Crippen LogP contribution in [0.2, 0.25) is 0 Å². The Morgan fingerprint density at radius 3 is 2.94 bits per heavy atom. The topological polar surface area (TPSA) is 30.5 Å². The summed E-state index contributed by atoms with van der Waals surface area (Å²) in [6.07, 6.45) is 5.02. The van der Waals surface area contributed by atoms with Crippen LogP contribution in [-0.4, -0.2) is 39.5 Å². The van der Waals surface area contributed by atoms with Crippen molar-refractivity contribution < 1.29 is 9.47 Å². The van der Waals surface area contributed by atoms with Gasteiger partial charge in [-0.1, -0.05) is 25.5 Å². The first-order valence-corrected chi connectivity index (χ1v) is 6.26. The zero-order valence-electron chi connectivity index (χ0n) is 10.8. The van der Waals surface area contributed by atoms with E-state index in [1.807, 2.05) is 0 Å². The molecule has 1 N–H and O–H groups in total. The summed E-state index contributed by atoms with van der Waals surface area (Å²) in [4.78, 5) is 0. The lowest BCUT2D eigenvalue weighted by molar-refractivity contribution is 0.144. The fourth-order valence-electron chi connectivity index (χ4n) is 1.84. The zero-order chi connectivity index (χ0) is 11.8. The number of rotatable bonds is 7. The van der Waals surface area contributed by atoms with Gasteiger partial charge in [-0.3, -0.25) is 0 Å². The summed E-state index contributed by atoms with van der Waals surface area (Å²) < 4.78 is 10.6. The highest BCUT2D eigenvalue weighted by molar-refractivity contribution is 5.10. The molecule has 94 valence electrons. The van der Waals surface area contributed by atoms with Gasteiger partial charge >= 0.3 is 0 Å². The molecule has 1 fully saturated rings. The van der Waals surface area contributed by atoms with Crippen molar-refractivity contribution in [3.05, 3.63) is 11.6 Å². The quantitative estimate of drug-likeness (QED) is 0.533. The van der Waals surface area contributed by atoms with Crippen LogP contribution in [0.3, 0.4) is 0 Å². The van der Waals surface area contributed by atoms with E-state index in [0.717, 1.165) is 26.3 Å². The van der Waals surface area contributed by atoms with E-state index in [2.05, 4.69) is 25.2 Å². The lowest BCUT2D eigenvalue weighted by Crippen LogP contribution is -2.24. The van der Waals surface area contributed by atoms with Crippen LogP contribution in [0.1, 0.15) is 26.7 Å². The molecule has 0 bridgehead atoms. The fraction of sp³-hybridized carbons (Fsp3) is 0.846. The molecule has 0 aromatic heterocycles. The Morgan fingerprint density at radius 2 is 2.38 bits per heavy atom. The molecule has 0 spiro atoms. The minimum absolute atomic E-state index is 0.349. The molecule has 0 aliphatic carbocycles. The van der Waals surface area contributed by atoms with Crippen LogP contribution in [0, 0.1) is 5.92 Å². The Bertz CT molecular complexity index is 208. The summed E-state index contributed by atoms with van der Waals surface area (Å²) in [7, 11) is 1.73. The average Bonchev–Trinajstić information content (AvgIpc) is 2.75. The van der Waals surface area contributed by atoms with Crippen molar-refractivity contribution >= 4 is 0 Å². The van der Waals surface area contributed by atoms with Crippen LogP contribution >= 0.6 is 0 Å². The zero-order valence-corrected chi connectivity index (χ0v) is 10.8. The van der Waals surface area contributed by atoms with Gasteiger partial charge in [-0.15, -0.1) is 0 Å². The maximum Gasteiger partial charge on any atom is 0.0759 e. The van der Waals surface area contributed by atoms with E-state index < -0.39 is 0 Å². The highest BCUT2D eigenvalue weighted by Gasteiger charge is 2.14. The predicted molar refractivity (Wildman–Crippen MR) is 66.6 cm³/mol. The van der Waals surface area contributed by atoms with Gasteiger partial charge in [-0.05, 0) is 18.8 Å². The Labute approximate surface area is 99.2 Å². The summed E-state index contributed by atoms with van der Waals surface area (Å²) in [5, 5.41) is 3.39. The summed E-state index contributed by atoms with van der Waals surface area (Å²) in [6, 6.07) is 0. The van der Waals surface area contributed by atoms with Crippen LogP contribution in [0.15, 0.2) is 11.6 Å². The van der Waals surface area contributed by atoms with E-state index in [1.54, 1.807) is 7.11 Å². The first-order valence-electron chi connectivity index (χ1n) is 6.26. The van der Waals surface area contributed by atoms with Crippen LogP contribution in [0.25, 0.3) is 0 Å². The van der Waals surface area contributed by atoms with Gasteiger partial charge in [-0.2, -0.15) is 0 Å². The molecule has 1 unspecified atom stereocenters. The second-order valence-corrected chi connectivity index (χ2v) is 4.62.